The van der Waals surface area contributed by atoms with Crippen LogP contribution in [0.1, 0.15) is 66.2 Å². The van der Waals surface area contributed by atoms with Crippen LogP contribution in [0.15, 0.2) is 24.3 Å². The zero-order valence-electron chi connectivity index (χ0n) is 14.9. The van der Waals surface area contributed by atoms with Crippen molar-refractivity contribution in [3.8, 4) is 0 Å². The SMILES string of the molecule is C=C(C)[C@H]1CC[C@@H](C)[C@H]([Se][Se][C@@H]2C[C@@H](C(=C)C)CC[C@H]2C)C1. The first-order valence-corrected chi connectivity index (χ1v) is 15.3. The van der Waals surface area contributed by atoms with Gasteiger partial charge < -0.3 is 0 Å². The fourth-order valence-corrected chi connectivity index (χ4v) is 16.1. The summed E-state index contributed by atoms with van der Waals surface area (Å²) >= 11 is 1.77. The summed E-state index contributed by atoms with van der Waals surface area (Å²) < 4.78 is 0. The molecule has 0 aromatic rings. The third-order valence-corrected chi connectivity index (χ3v) is 16.6. The molecule has 2 fully saturated rings. The van der Waals surface area contributed by atoms with Crippen molar-refractivity contribution in [1.82, 2.24) is 0 Å². The molecular weight excluding hydrogens is 398 g/mol. The first kappa shape index (κ1) is 18.9. The Balaban J connectivity index is 1.87. The Morgan fingerprint density at radius 2 is 1.09 bits per heavy atom. The van der Waals surface area contributed by atoms with Gasteiger partial charge in [0.25, 0.3) is 0 Å². The molecule has 0 amide bonds. The molecule has 22 heavy (non-hydrogen) atoms. The second kappa shape index (κ2) is 8.57. The third-order valence-electron chi connectivity index (χ3n) is 5.94. The van der Waals surface area contributed by atoms with Crippen LogP contribution in [0.4, 0.5) is 0 Å². The number of allylic oxidation sites excluding steroid dienone is 2. The Morgan fingerprint density at radius 1 is 0.727 bits per heavy atom. The Morgan fingerprint density at radius 3 is 1.41 bits per heavy atom. The van der Waals surface area contributed by atoms with Crippen molar-refractivity contribution < 1.29 is 0 Å². The van der Waals surface area contributed by atoms with Gasteiger partial charge in [-0.05, 0) is 0 Å². The average Bonchev–Trinajstić information content (AvgIpc) is 2.47. The van der Waals surface area contributed by atoms with E-state index in [1.165, 1.54) is 49.7 Å². The van der Waals surface area contributed by atoms with Crippen molar-refractivity contribution in [2.45, 2.75) is 75.9 Å². The van der Waals surface area contributed by atoms with Gasteiger partial charge in [0.05, 0.1) is 0 Å². The van der Waals surface area contributed by atoms with E-state index in [2.05, 4.69) is 40.9 Å². The standard InChI is InChI=1S/C20H34Se2/c1-13(2)17-9-7-15(5)19(11-17)21-22-20-12-18(14(3)4)10-8-16(20)6/h15-20H,1,3,7-12H2,2,4-6H3/t15-,16-,17+,18+,19-,20-/m1/s1. The molecule has 0 aliphatic heterocycles. The van der Waals surface area contributed by atoms with Crippen LogP contribution in [-0.2, 0) is 0 Å². The van der Waals surface area contributed by atoms with E-state index in [-0.39, 0.29) is 0 Å². The molecule has 0 radical (unpaired) electrons. The second-order valence-corrected chi connectivity index (χ2v) is 15.5. The van der Waals surface area contributed by atoms with E-state index in [1.54, 1.807) is 0 Å². The topological polar surface area (TPSA) is 0 Å². The zero-order chi connectivity index (χ0) is 16.3. The van der Waals surface area contributed by atoms with Gasteiger partial charge in [0, 0.05) is 0 Å². The van der Waals surface area contributed by atoms with E-state index >= 15 is 0 Å². The van der Waals surface area contributed by atoms with Crippen LogP contribution in [-0.4, -0.2) is 26.3 Å². The summed E-state index contributed by atoms with van der Waals surface area (Å²) in [7, 11) is 0. The van der Waals surface area contributed by atoms with Crippen molar-refractivity contribution in [1.29, 1.82) is 0 Å². The molecule has 0 N–H and O–H groups in total. The molecule has 2 heteroatoms. The van der Waals surface area contributed by atoms with Crippen LogP contribution < -0.4 is 0 Å². The molecule has 0 saturated heterocycles. The number of hydrogen-bond donors (Lipinski definition) is 0. The van der Waals surface area contributed by atoms with Crippen molar-refractivity contribution in [2.75, 3.05) is 0 Å². The van der Waals surface area contributed by atoms with E-state index in [9.17, 15) is 0 Å². The van der Waals surface area contributed by atoms with Crippen LogP contribution in [0.3, 0.4) is 0 Å². The molecule has 2 saturated carbocycles. The molecule has 0 unspecified atom stereocenters. The molecule has 0 spiro atoms. The number of rotatable bonds is 5. The van der Waals surface area contributed by atoms with Crippen LogP contribution in [0.25, 0.3) is 0 Å². The molecular formula is C20H34Se2. The Hall–Kier alpha value is 0.519. The molecule has 126 valence electrons. The van der Waals surface area contributed by atoms with Crippen LogP contribution >= 0.6 is 0 Å². The fraction of sp³-hybridized carbons (Fsp3) is 0.800. The quantitative estimate of drug-likeness (QED) is 0.374. The predicted molar refractivity (Wildman–Crippen MR) is 102 cm³/mol. The van der Waals surface area contributed by atoms with Gasteiger partial charge >= 0.3 is 150 Å². The first-order chi connectivity index (χ1) is 10.4. The minimum absolute atomic E-state index is 0.825. The Kier molecular flexibility index (Phi) is 7.34. The minimum atomic E-state index is 0.825. The van der Waals surface area contributed by atoms with Crippen molar-refractivity contribution >= 4 is 26.3 Å². The monoisotopic (exact) mass is 434 g/mol. The van der Waals surface area contributed by atoms with E-state index < -0.39 is 0 Å². The van der Waals surface area contributed by atoms with Crippen molar-refractivity contribution in [3.05, 3.63) is 24.3 Å². The predicted octanol–water partition coefficient (Wildman–Crippen LogP) is 5.91. The summed E-state index contributed by atoms with van der Waals surface area (Å²) in [6.07, 6.45) is 8.57. The van der Waals surface area contributed by atoms with E-state index in [1.807, 2.05) is 0 Å². The van der Waals surface area contributed by atoms with Gasteiger partial charge in [0.2, 0.25) is 0 Å². The van der Waals surface area contributed by atoms with Gasteiger partial charge in [0.1, 0.15) is 0 Å². The summed E-state index contributed by atoms with van der Waals surface area (Å²) in [6, 6.07) is 0. The fourth-order valence-electron chi connectivity index (χ4n) is 3.87. The van der Waals surface area contributed by atoms with Crippen LogP contribution in [0.2, 0.25) is 9.63 Å². The molecule has 0 heterocycles. The van der Waals surface area contributed by atoms with E-state index in [0.29, 0.717) is 0 Å². The Bertz CT molecular complexity index is 363. The summed E-state index contributed by atoms with van der Waals surface area (Å²) in [5.41, 5.74) is 2.88. The number of hydrogen-bond acceptors (Lipinski definition) is 0. The molecule has 0 aromatic heterocycles. The summed E-state index contributed by atoms with van der Waals surface area (Å²) in [4.78, 5) is 2.06. The average molecular weight is 432 g/mol. The van der Waals surface area contributed by atoms with Crippen LogP contribution in [0, 0.1) is 23.7 Å². The maximum atomic E-state index is 4.23. The van der Waals surface area contributed by atoms with Gasteiger partial charge in [-0.25, -0.2) is 0 Å². The molecule has 2 aliphatic carbocycles. The van der Waals surface area contributed by atoms with E-state index in [0.717, 1.165) is 59.6 Å². The summed E-state index contributed by atoms with van der Waals surface area (Å²) in [6.45, 7) is 18.0. The summed E-state index contributed by atoms with van der Waals surface area (Å²) in [5.74, 6) is 3.58. The second-order valence-electron chi connectivity index (χ2n) is 7.94. The summed E-state index contributed by atoms with van der Waals surface area (Å²) in [5, 5.41) is 0. The van der Waals surface area contributed by atoms with Crippen LogP contribution in [0.5, 0.6) is 0 Å². The van der Waals surface area contributed by atoms with Gasteiger partial charge in [-0.15, -0.1) is 0 Å². The van der Waals surface area contributed by atoms with Crippen molar-refractivity contribution in [3.63, 3.8) is 0 Å². The van der Waals surface area contributed by atoms with Gasteiger partial charge in [0.15, 0.2) is 0 Å². The van der Waals surface area contributed by atoms with Crippen molar-refractivity contribution in [2.24, 2.45) is 23.7 Å². The van der Waals surface area contributed by atoms with Gasteiger partial charge in [-0.2, -0.15) is 0 Å². The van der Waals surface area contributed by atoms with Gasteiger partial charge in [-0.1, -0.05) is 0 Å². The maximum absolute atomic E-state index is 4.23. The molecule has 0 bridgehead atoms. The molecule has 6 atom stereocenters. The molecule has 2 aliphatic rings. The zero-order valence-corrected chi connectivity index (χ0v) is 18.4. The molecule has 0 aromatic carbocycles. The third kappa shape index (κ3) is 5.01. The Labute approximate surface area is 149 Å². The molecule has 2 rings (SSSR count). The van der Waals surface area contributed by atoms with E-state index in [4.69, 9.17) is 0 Å². The normalized spacial score (nSPS) is 39.5. The first-order valence-electron chi connectivity index (χ1n) is 9.01. The van der Waals surface area contributed by atoms with Gasteiger partial charge in [-0.3, -0.25) is 0 Å². The molecule has 0 nitrogen and oxygen atoms in total.